The van der Waals surface area contributed by atoms with Crippen molar-refractivity contribution in [1.29, 1.82) is 0 Å². The Kier molecular flexibility index (Phi) is 5.18. The quantitative estimate of drug-likeness (QED) is 0.843. The third-order valence-corrected chi connectivity index (χ3v) is 3.27. The number of nitrogens with zero attached hydrogens (tertiary/aromatic N) is 2. The van der Waals surface area contributed by atoms with E-state index in [0.717, 1.165) is 25.3 Å². The van der Waals surface area contributed by atoms with Crippen molar-refractivity contribution in [2.75, 3.05) is 7.11 Å². The molecule has 0 radical (unpaired) electrons. The number of benzene rings is 1. The average molecular weight is 273 g/mol. The number of nitrogens with one attached hydrogen (secondary N) is 1. The van der Waals surface area contributed by atoms with Crippen LogP contribution in [0.3, 0.4) is 0 Å². The Morgan fingerprint density at radius 1 is 1.35 bits per heavy atom. The van der Waals surface area contributed by atoms with Gasteiger partial charge in [0.25, 0.3) is 0 Å². The van der Waals surface area contributed by atoms with Crippen LogP contribution >= 0.6 is 0 Å². The zero-order valence-corrected chi connectivity index (χ0v) is 12.5. The van der Waals surface area contributed by atoms with Crippen LogP contribution in [0.15, 0.2) is 36.8 Å². The predicted octanol–water partition coefficient (Wildman–Crippen LogP) is 2.63. The summed E-state index contributed by atoms with van der Waals surface area (Å²) in [5.41, 5.74) is 2.50. The molecule has 0 saturated heterocycles. The van der Waals surface area contributed by atoms with E-state index in [9.17, 15) is 0 Å². The van der Waals surface area contributed by atoms with Crippen molar-refractivity contribution in [2.24, 2.45) is 0 Å². The third-order valence-electron chi connectivity index (χ3n) is 3.27. The van der Waals surface area contributed by atoms with Crippen molar-refractivity contribution in [1.82, 2.24) is 14.9 Å². The highest BCUT2D eigenvalue weighted by Gasteiger charge is 2.03. The first kappa shape index (κ1) is 14.6. The van der Waals surface area contributed by atoms with Crippen LogP contribution in [0, 0.1) is 0 Å². The molecule has 4 nitrogen and oxygen atoms in total. The van der Waals surface area contributed by atoms with E-state index in [1.54, 1.807) is 7.11 Å². The van der Waals surface area contributed by atoms with Crippen molar-refractivity contribution in [3.8, 4) is 5.75 Å². The second-order valence-corrected chi connectivity index (χ2v) is 5.22. The Morgan fingerprint density at radius 2 is 2.20 bits per heavy atom. The number of hydrogen-bond donors (Lipinski definition) is 1. The van der Waals surface area contributed by atoms with Crippen LogP contribution in [-0.2, 0) is 19.5 Å². The molecular formula is C16H23N3O. The van der Waals surface area contributed by atoms with Gasteiger partial charge in [-0.2, -0.15) is 0 Å². The number of ether oxygens (including phenoxy) is 1. The summed E-state index contributed by atoms with van der Waals surface area (Å²) in [5.74, 6) is 0.912. The molecule has 4 heteroatoms. The molecule has 20 heavy (non-hydrogen) atoms. The standard InChI is InChI=1S/C16H23N3O/c1-13(2)18-11-15-10-17-12-19(15)8-7-14-5-4-6-16(9-14)20-3/h4-6,9-10,12-13,18H,7-8,11H2,1-3H3. The zero-order valence-electron chi connectivity index (χ0n) is 12.5. The summed E-state index contributed by atoms with van der Waals surface area (Å²) in [6, 6.07) is 8.70. The first-order chi connectivity index (χ1) is 9.69. The number of rotatable bonds is 7. The number of methoxy groups -OCH3 is 1. The molecule has 2 aromatic rings. The van der Waals surface area contributed by atoms with E-state index < -0.39 is 0 Å². The molecule has 2 rings (SSSR count). The van der Waals surface area contributed by atoms with Gasteiger partial charge in [0.15, 0.2) is 0 Å². The monoisotopic (exact) mass is 273 g/mol. The summed E-state index contributed by atoms with van der Waals surface area (Å²) in [5, 5.41) is 3.42. The van der Waals surface area contributed by atoms with E-state index in [1.807, 2.05) is 24.7 Å². The van der Waals surface area contributed by atoms with E-state index in [1.165, 1.54) is 11.3 Å². The Balaban J connectivity index is 1.95. The summed E-state index contributed by atoms with van der Waals surface area (Å²) < 4.78 is 7.45. The van der Waals surface area contributed by atoms with Crippen LogP contribution in [-0.4, -0.2) is 22.7 Å². The van der Waals surface area contributed by atoms with Gasteiger partial charge in [0.2, 0.25) is 0 Å². The molecule has 0 aliphatic heterocycles. The maximum Gasteiger partial charge on any atom is 0.119 e. The van der Waals surface area contributed by atoms with Gasteiger partial charge in [-0.25, -0.2) is 4.98 Å². The molecule has 108 valence electrons. The third kappa shape index (κ3) is 4.10. The lowest BCUT2D eigenvalue weighted by atomic mass is 10.1. The second kappa shape index (κ2) is 7.10. The van der Waals surface area contributed by atoms with Crippen LogP contribution in [0.25, 0.3) is 0 Å². The molecular weight excluding hydrogens is 250 g/mol. The Bertz CT molecular complexity index is 534. The Morgan fingerprint density at radius 3 is 2.95 bits per heavy atom. The number of aryl methyl sites for hydroxylation is 2. The fourth-order valence-electron chi connectivity index (χ4n) is 2.08. The summed E-state index contributed by atoms with van der Waals surface area (Å²) in [6.45, 7) is 6.09. The van der Waals surface area contributed by atoms with Crippen LogP contribution in [0.5, 0.6) is 5.75 Å². The van der Waals surface area contributed by atoms with Gasteiger partial charge in [-0.05, 0) is 24.1 Å². The molecule has 1 aromatic carbocycles. The molecule has 0 bridgehead atoms. The molecule has 0 atom stereocenters. The van der Waals surface area contributed by atoms with Crippen molar-refractivity contribution in [2.45, 2.75) is 39.4 Å². The minimum absolute atomic E-state index is 0.483. The van der Waals surface area contributed by atoms with Crippen molar-refractivity contribution in [3.63, 3.8) is 0 Å². The van der Waals surface area contributed by atoms with Gasteiger partial charge in [0.1, 0.15) is 5.75 Å². The van der Waals surface area contributed by atoms with Gasteiger partial charge in [-0.15, -0.1) is 0 Å². The molecule has 0 unspecified atom stereocenters. The molecule has 0 aliphatic rings. The van der Waals surface area contributed by atoms with Crippen LogP contribution in [0.2, 0.25) is 0 Å². The summed E-state index contributed by atoms with van der Waals surface area (Å²) in [7, 11) is 1.70. The van der Waals surface area contributed by atoms with Crippen LogP contribution < -0.4 is 10.1 Å². The van der Waals surface area contributed by atoms with Crippen molar-refractivity contribution >= 4 is 0 Å². The first-order valence-corrected chi connectivity index (χ1v) is 7.04. The number of imidazole rings is 1. The van der Waals surface area contributed by atoms with E-state index in [0.29, 0.717) is 6.04 Å². The minimum Gasteiger partial charge on any atom is -0.497 e. The fraction of sp³-hybridized carbons (Fsp3) is 0.438. The Labute approximate surface area is 120 Å². The van der Waals surface area contributed by atoms with Crippen LogP contribution in [0.1, 0.15) is 25.1 Å². The Hall–Kier alpha value is -1.81. The lowest BCUT2D eigenvalue weighted by molar-refractivity contribution is 0.414. The van der Waals surface area contributed by atoms with Gasteiger partial charge in [-0.1, -0.05) is 26.0 Å². The topological polar surface area (TPSA) is 39.1 Å². The lowest BCUT2D eigenvalue weighted by Gasteiger charge is -2.11. The number of aromatic nitrogens is 2. The van der Waals surface area contributed by atoms with Crippen molar-refractivity contribution < 1.29 is 4.74 Å². The molecule has 1 heterocycles. The summed E-state index contributed by atoms with van der Waals surface area (Å²) in [4.78, 5) is 4.24. The molecule has 0 spiro atoms. The van der Waals surface area contributed by atoms with E-state index >= 15 is 0 Å². The summed E-state index contributed by atoms with van der Waals surface area (Å²) in [6.07, 6.45) is 4.81. The normalized spacial score (nSPS) is 11.0. The molecule has 0 aliphatic carbocycles. The molecule has 0 saturated carbocycles. The average Bonchev–Trinajstić information content (AvgIpc) is 2.90. The number of hydrogen-bond acceptors (Lipinski definition) is 3. The minimum atomic E-state index is 0.483. The highest BCUT2D eigenvalue weighted by atomic mass is 16.5. The van der Waals surface area contributed by atoms with E-state index in [4.69, 9.17) is 4.74 Å². The van der Waals surface area contributed by atoms with Gasteiger partial charge >= 0.3 is 0 Å². The van der Waals surface area contributed by atoms with Gasteiger partial charge in [0.05, 0.1) is 19.1 Å². The molecule has 0 fully saturated rings. The molecule has 0 amide bonds. The highest BCUT2D eigenvalue weighted by molar-refractivity contribution is 5.28. The zero-order chi connectivity index (χ0) is 14.4. The maximum absolute atomic E-state index is 5.25. The van der Waals surface area contributed by atoms with E-state index in [2.05, 4.69) is 40.8 Å². The van der Waals surface area contributed by atoms with Crippen LogP contribution in [0.4, 0.5) is 0 Å². The smallest absolute Gasteiger partial charge is 0.119 e. The predicted molar refractivity (Wildman–Crippen MR) is 80.9 cm³/mol. The van der Waals surface area contributed by atoms with Crippen molar-refractivity contribution in [3.05, 3.63) is 48.0 Å². The van der Waals surface area contributed by atoms with Gasteiger partial charge < -0.3 is 14.6 Å². The highest BCUT2D eigenvalue weighted by Crippen LogP contribution is 2.14. The van der Waals surface area contributed by atoms with E-state index in [-0.39, 0.29) is 0 Å². The second-order valence-electron chi connectivity index (χ2n) is 5.22. The largest absolute Gasteiger partial charge is 0.497 e. The molecule has 1 N–H and O–H groups in total. The van der Waals surface area contributed by atoms with Gasteiger partial charge in [0, 0.05) is 25.3 Å². The fourth-order valence-corrected chi connectivity index (χ4v) is 2.08. The van der Waals surface area contributed by atoms with Gasteiger partial charge in [-0.3, -0.25) is 0 Å². The lowest BCUT2D eigenvalue weighted by Crippen LogP contribution is -2.23. The summed E-state index contributed by atoms with van der Waals surface area (Å²) >= 11 is 0. The molecule has 1 aromatic heterocycles. The maximum atomic E-state index is 5.25. The first-order valence-electron chi connectivity index (χ1n) is 7.04. The SMILES string of the molecule is COc1cccc(CCn2cncc2CNC(C)C)c1.